The van der Waals surface area contributed by atoms with Crippen molar-refractivity contribution in [1.29, 1.82) is 0 Å². The normalized spacial score (nSPS) is 16.2. The van der Waals surface area contributed by atoms with Gasteiger partial charge < -0.3 is 25.3 Å². The molecule has 1 saturated carbocycles. The lowest BCUT2D eigenvalue weighted by atomic mass is 9.93. The Morgan fingerprint density at radius 1 is 1.14 bits per heavy atom. The first-order valence-electron chi connectivity index (χ1n) is 13.6. The van der Waals surface area contributed by atoms with Crippen LogP contribution in [0.5, 0.6) is 5.75 Å². The molecule has 37 heavy (non-hydrogen) atoms. The highest BCUT2D eigenvalue weighted by atomic mass is 28.4. The van der Waals surface area contributed by atoms with Crippen LogP contribution in [-0.2, 0) is 28.7 Å². The van der Waals surface area contributed by atoms with E-state index in [2.05, 4.69) is 63.6 Å². The fourth-order valence-electron chi connectivity index (χ4n) is 4.31. The summed E-state index contributed by atoms with van der Waals surface area (Å²) in [5.41, 5.74) is 3.70. The van der Waals surface area contributed by atoms with E-state index in [4.69, 9.17) is 4.43 Å². The number of aliphatic hydroxyl groups excluding tert-OH is 1. The zero-order chi connectivity index (χ0) is 27.2. The molecule has 0 heterocycles. The number of amides is 1. The molecule has 3 rings (SSSR count). The summed E-state index contributed by atoms with van der Waals surface area (Å²) in [6, 6.07) is 14.2. The van der Waals surface area contributed by atoms with Gasteiger partial charge in [-0.05, 0) is 79.6 Å². The van der Waals surface area contributed by atoms with Crippen molar-refractivity contribution in [3.8, 4) is 5.75 Å². The Bertz CT molecular complexity index is 1050. The second-order valence-electron chi connectivity index (χ2n) is 12.1. The van der Waals surface area contributed by atoms with E-state index < -0.39 is 8.32 Å². The Morgan fingerprint density at radius 3 is 2.46 bits per heavy atom. The number of carbonyl (C=O) groups is 1. The van der Waals surface area contributed by atoms with Crippen molar-refractivity contribution in [3.63, 3.8) is 0 Å². The summed E-state index contributed by atoms with van der Waals surface area (Å²) in [6.07, 6.45) is 4.46. The number of rotatable bonds is 12. The summed E-state index contributed by atoms with van der Waals surface area (Å²) in [4.78, 5) is 12.3. The molecule has 1 aliphatic rings. The van der Waals surface area contributed by atoms with Gasteiger partial charge in [0.05, 0.1) is 19.1 Å². The molecule has 2 aromatic rings. The van der Waals surface area contributed by atoms with Gasteiger partial charge in [-0.3, -0.25) is 4.79 Å². The molecule has 2 atom stereocenters. The highest BCUT2D eigenvalue weighted by Gasteiger charge is 2.39. The molecule has 0 radical (unpaired) electrons. The lowest BCUT2D eigenvalue weighted by molar-refractivity contribution is -0.121. The summed E-state index contributed by atoms with van der Waals surface area (Å²) in [5.74, 6) is 0.203. The minimum absolute atomic E-state index is 0.0545. The van der Waals surface area contributed by atoms with Crippen LogP contribution in [0.4, 0.5) is 0 Å². The standard InChI is InChI=1S/C30H46N2O4Si/c1-21(15-22-9-7-10-23(16-22)17-29(35)32-26-11-8-12-26)31-19-28(36-37(5,6)30(2,3)4)24-13-14-27(34)25(18-24)20-33/h7,9-10,13-14,16,18,21,26,28,31,33-34H,8,11-12,15,17,19-20H2,1-6H3,(H,32,35)/t21-,28+/m1/s1. The molecule has 0 saturated heterocycles. The van der Waals surface area contributed by atoms with E-state index in [0.717, 1.165) is 30.4 Å². The molecule has 7 heteroatoms. The highest BCUT2D eigenvalue weighted by Crippen LogP contribution is 2.40. The van der Waals surface area contributed by atoms with Gasteiger partial charge in [0.15, 0.2) is 8.32 Å². The van der Waals surface area contributed by atoms with Crippen molar-refractivity contribution >= 4 is 14.2 Å². The number of carbonyl (C=O) groups excluding carboxylic acids is 1. The number of nitrogens with one attached hydrogen (secondary N) is 2. The largest absolute Gasteiger partial charge is 0.508 e. The maximum atomic E-state index is 12.3. The van der Waals surface area contributed by atoms with Gasteiger partial charge >= 0.3 is 0 Å². The Labute approximate surface area is 224 Å². The Hall–Kier alpha value is -2.19. The predicted octanol–water partition coefficient (Wildman–Crippen LogP) is 5.38. The average molecular weight is 527 g/mol. The van der Waals surface area contributed by atoms with E-state index in [1.807, 2.05) is 24.3 Å². The van der Waals surface area contributed by atoms with Crippen LogP contribution >= 0.6 is 0 Å². The van der Waals surface area contributed by atoms with Gasteiger partial charge in [0.25, 0.3) is 0 Å². The number of phenols is 1. The van der Waals surface area contributed by atoms with Crippen LogP contribution < -0.4 is 10.6 Å². The monoisotopic (exact) mass is 526 g/mol. The van der Waals surface area contributed by atoms with E-state index >= 15 is 0 Å². The quantitative estimate of drug-likeness (QED) is 0.279. The molecule has 2 aromatic carbocycles. The molecular formula is C30H46N2O4Si. The van der Waals surface area contributed by atoms with Crippen molar-refractivity contribution in [1.82, 2.24) is 10.6 Å². The summed E-state index contributed by atoms with van der Waals surface area (Å²) >= 11 is 0. The number of hydrogen-bond acceptors (Lipinski definition) is 5. The minimum Gasteiger partial charge on any atom is -0.508 e. The second kappa shape index (κ2) is 12.6. The van der Waals surface area contributed by atoms with E-state index in [1.165, 1.54) is 12.0 Å². The van der Waals surface area contributed by atoms with Gasteiger partial charge in [0.1, 0.15) is 5.75 Å². The van der Waals surface area contributed by atoms with Gasteiger partial charge in [-0.25, -0.2) is 0 Å². The van der Waals surface area contributed by atoms with Gasteiger partial charge in [-0.15, -0.1) is 0 Å². The zero-order valence-corrected chi connectivity index (χ0v) is 24.4. The van der Waals surface area contributed by atoms with Gasteiger partial charge in [0.2, 0.25) is 5.91 Å². The van der Waals surface area contributed by atoms with Crippen LogP contribution in [0.1, 0.15) is 75.3 Å². The van der Waals surface area contributed by atoms with E-state index in [-0.39, 0.29) is 35.4 Å². The molecule has 6 nitrogen and oxygen atoms in total. The number of aromatic hydroxyl groups is 1. The summed E-state index contributed by atoms with van der Waals surface area (Å²) in [5, 5.41) is 26.6. The van der Waals surface area contributed by atoms with Crippen LogP contribution in [-0.4, -0.2) is 43.1 Å². The first kappa shape index (κ1) is 29.4. The van der Waals surface area contributed by atoms with Crippen molar-refractivity contribution < 1.29 is 19.4 Å². The van der Waals surface area contributed by atoms with Gasteiger partial charge in [-0.2, -0.15) is 0 Å². The number of hydrogen-bond donors (Lipinski definition) is 4. The molecule has 204 valence electrons. The van der Waals surface area contributed by atoms with Crippen molar-refractivity contribution in [2.24, 2.45) is 0 Å². The molecule has 1 amide bonds. The first-order chi connectivity index (χ1) is 17.4. The van der Waals surface area contributed by atoms with Crippen molar-refractivity contribution in [2.75, 3.05) is 6.54 Å². The lowest BCUT2D eigenvalue weighted by Crippen LogP contribution is -2.44. The second-order valence-corrected chi connectivity index (χ2v) is 16.9. The van der Waals surface area contributed by atoms with Crippen LogP contribution in [0.2, 0.25) is 18.1 Å². The maximum Gasteiger partial charge on any atom is 0.224 e. The van der Waals surface area contributed by atoms with Crippen LogP contribution in [0.3, 0.4) is 0 Å². The predicted molar refractivity (Wildman–Crippen MR) is 152 cm³/mol. The topological polar surface area (TPSA) is 90.8 Å². The van der Waals surface area contributed by atoms with E-state index in [9.17, 15) is 15.0 Å². The summed E-state index contributed by atoms with van der Waals surface area (Å²) < 4.78 is 6.81. The average Bonchev–Trinajstić information content (AvgIpc) is 2.79. The molecule has 1 aliphatic carbocycles. The van der Waals surface area contributed by atoms with Gasteiger partial charge in [0, 0.05) is 24.2 Å². The number of aliphatic hydroxyl groups is 1. The Morgan fingerprint density at radius 2 is 1.84 bits per heavy atom. The summed E-state index contributed by atoms with van der Waals surface area (Å²) in [6.45, 7) is 13.7. The summed E-state index contributed by atoms with van der Waals surface area (Å²) in [7, 11) is -2.07. The molecule has 4 N–H and O–H groups in total. The Kier molecular flexibility index (Phi) is 9.97. The fourth-order valence-corrected chi connectivity index (χ4v) is 5.59. The SMILES string of the molecule is C[C@H](Cc1cccc(CC(=O)NC2CCC2)c1)NC[C@H](O[Si](C)(C)C(C)(C)C)c1ccc(O)c(CO)c1. The van der Waals surface area contributed by atoms with E-state index in [0.29, 0.717) is 24.6 Å². The lowest BCUT2D eigenvalue weighted by Gasteiger charge is -2.40. The van der Waals surface area contributed by atoms with Gasteiger partial charge in [-0.1, -0.05) is 51.1 Å². The maximum absolute atomic E-state index is 12.3. The Balaban J connectivity index is 1.65. The van der Waals surface area contributed by atoms with Crippen molar-refractivity contribution in [2.45, 2.75) is 103 Å². The fraction of sp³-hybridized carbons (Fsp3) is 0.567. The first-order valence-corrected chi connectivity index (χ1v) is 16.5. The molecule has 1 fully saturated rings. The van der Waals surface area contributed by atoms with Crippen molar-refractivity contribution in [3.05, 3.63) is 64.7 Å². The minimum atomic E-state index is -2.07. The number of benzene rings is 2. The third-order valence-electron chi connectivity index (χ3n) is 7.91. The van der Waals surface area contributed by atoms with Crippen LogP contribution in [0.15, 0.2) is 42.5 Å². The smallest absolute Gasteiger partial charge is 0.224 e. The molecule has 0 spiro atoms. The molecule has 0 aromatic heterocycles. The molecule has 0 aliphatic heterocycles. The third-order valence-corrected chi connectivity index (χ3v) is 12.4. The molecule has 0 unspecified atom stereocenters. The molecular weight excluding hydrogens is 480 g/mol. The zero-order valence-electron chi connectivity index (χ0n) is 23.4. The molecule has 0 bridgehead atoms. The van der Waals surface area contributed by atoms with Crippen LogP contribution in [0.25, 0.3) is 0 Å². The third kappa shape index (κ3) is 8.40. The van der Waals surface area contributed by atoms with Crippen LogP contribution in [0, 0.1) is 0 Å². The van der Waals surface area contributed by atoms with E-state index in [1.54, 1.807) is 6.07 Å². The highest BCUT2D eigenvalue weighted by molar-refractivity contribution is 6.74.